The Morgan fingerprint density at radius 3 is 2.79 bits per heavy atom. The molecule has 2 atom stereocenters. The summed E-state index contributed by atoms with van der Waals surface area (Å²) in [6.07, 6.45) is 5.71. The summed E-state index contributed by atoms with van der Waals surface area (Å²) in [4.78, 5) is 4.77. The second-order valence-corrected chi connectivity index (χ2v) is 8.96. The number of nitrogens with zero attached hydrogens (tertiary/aromatic N) is 3. The van der Waals surface area contributed by atoms with Gasteiger partial charge in [-0.2, -0.15) is 5.10 Å². The molecule has 3 rings (SSSR count). The molecule has 0 aromatic carbocycles. The maximum absolute atomic E-state index is 11.3. The highest BCUT2D eigenvalue weighted by Crippen LogP contribution is 2.34. The largest absolute Gasteiger partial charge is 0.387 e. The third-order valence-electron chi connectivity index (χ3n) is 5.67. The van der Waals surface area contributed by atoms with Gasteiger partial charge < -0.3 is 5.11 Å². The molecule has 2 saturated heterocycles. The number of fused-ring (bicyclic) bond motifs is 1. The van der Waals surface area contributed by atoms with E-state index in [1.807, 2.05) is 0 Å². The van der Waals surface area contributed by atoms with Gasteiger partial charge in [-0.1, -0.05) is 27.2 Å². The fourth-order valence-corrected chi connectivity index (χ4v) is 4.45. The molecular formula is C19H34N4O. The average Bonchev–Trinajstić information content (AvgIpc) is 2.96. The lowest BCUT2D eigenvalue weighted by atomic mass is 9.79. The maximum atomic E-state index is 11.3. The molecule has 3 heterocycles. The summed E-state index contributed by atoms with van der Waals surface area (Å²) >= 11 is 0. The fraction of sp³-hybridized carbons (Fsp3) is 0.842. The molecule has 1 aromatic heterocycles. The van der Waals surface area contributed by atoms with E-state index in [1.54, 1.807) is 0 Å². The molecule has 5 heteroatoms. The lowest BCUT2D eigenvalue weighted by Crippen LogP contribution is -2.62. The minimum absolute atomic E-state index is 0.0670. The van der Waals surface area contributed by atoms with Gasteiger partial charge in [-0.3, -0.25) is 14.9 Å². The van der Waals surface area contributed by atoms with E-state index in [0.29, 0.717) is 6.04 Å². The number of hydrogen-bond donors (Lipinski definition) is 2. The smallest absolute Gasteiger partial charge is 0.0928 e. The lowest BCUT2D eigenvalue weighted by molar-refractivity contribution is -0.107. The normalized spacial score (nSPS) is 29.0. The first-order valence-electron chi connectivity index (χ1n) is 9.48. The van der Waals surface area contributed by atoms with Gasteiger partial charge in [-0.15, -0.1) is 0 Å². The minimum Gasteiger partial charge on any atom is -0.387 e. The molecule has 24 heavy (non-hydrogen) atoms. The summed E-state index contributed by atoms with van der Waals surface area (Å²) in [5.41, 5.74) is 1.72. The highest BCUT2D eigenvalue weighted by Gasteiger charge is 2.44. The number of piperidine rings is 2. The number of H-pyrrole nitrogens is 1. The van der Waals surface area contributed by atoms with Crippen LogP contribution in [-0.2, 0) is 12.0 Å². The van der Waals surface area contributed by atoms with Gasteiger partial charge in [0.25, 0.3) is 0 Å². The fourth-order valence-electron chi connectivity index (χ4n) is 4.45. The van der Waals surface area contributed by atoms with E-state index in [-0.39, 0.29) is 5.41 Å². The van der Waals surface area contributed by atoms with Crippen LogP contribution in [0, 0.1) is 0 Å². The molecule has 2 aliphatic rings. The van der Waals surface area contributed by atoms with Crippen molar-refractivity contribution in [1.29, 1.82) is 0 Å². The maximum Gasteiger partial charge on any atom is 0.0928 e. The van der Waals surface area contributed by atoms with Crippen molar-refractivity contribution < 1.29 is 5.11 Å². The van der Waals surface area contributed by atoms with E-state index in [4.69, 9.17) is 0 Å². The average molecular weight is 335 g/mol. The Labute approximate surface area is 146 Å². The molecule has 136 valence electrons. The second-order valence-electron chi connectivity index (χ2n) is 8.96. The number of aliphatic hydroxyl groups is 1. The standard InChI is InChI=1S/C19H34N4O/c1-18(2,3)16-12-15(20-21-16)13-22(4)14-19(24)9-7-11-23-10-6-5-8-17(19)23/h12,17,24H,5-11,13-14H2,1-4H3,(H,20,21)/t17-,19-/m1/s1. The summed E-state index contributed by atoms with van der Waals surface area (Å²) < 4.78 is 0. The van der Waals surface area contributed by atoms with Gasteiger partial charge in [0.2, 0.25) is 0 Å². The molecule has 0 amide bonds. The van der Waals surface area contributed by atoms with E-state index < -0.39 is 5.60 Å². The molecule has 0 unspecified atom stereocenters. The van der Waals surface area contributed by atoms with Gasteiger partial charge in [-0.05, 0) is 51.9 Å². The molecule has 0 radical (unpaired) electrons. The molecule has 1 aromatic rings. The molecule has 0 aliphatic carbocycles. The van der Waals surface area contributed by atoms with Crippen molar-refractivity contribution in [3.8, 4) is 0 Å². The summed E-state index contributed by atoms with van der Waals surface area (Å²) in [6.45, 7) is 10.4. The number of likely N-dealkylation sites (N-methyl/N-ethyl adjacent to an activating group) is 1. The number of nitrogens with one attached hydrogen (secondary N) is 1. The van der Waals surface area contributed by atoms with Crippen LogP contribution in [0.5, 0.6) is 0 Å². The van der Waals surface area contributed by atoms with Gasteiger partial charge in [0.1, 0.15) is 0 Å². The van der Waals surface area contributed by atoms with Crippen LogP contribution in [0.3, 0.4) is 0 Å². The van der Waals surface area contributed by atoms with Crippen molar-refractivity contribution in [3.05, 3.63) is 17.5 Å². The predicted octanol–water partition coefficient (Wildman–Crippen LogP) is 2.52. The Balaban J connectivity index is 1.63. The SMILES string of the molecule is CN(Cc1cc(C(C)(C)C)n[nH]1)C[C@]1(O)CCCN2CCCC[C@@H]21. The van der Waals surface area contributed by atoms with Crippen molar-refractivity contribution in [2.75, 3.05) is 26.7 Å². The van der Waals surface area contributed by atoms with E-state index in [1.165, 1.54) is 12.8 Å². The molecule has 2 aliphatic heterocycles. The predicted molar refractivity (Wildman–Crippen MR) is 97.0 cm³/mol. The zero-order valence-corrected chi connectivity index (χ0v) is 15.8. The summed E-state index contributed by atoms with van der Waals surface area (Å²) in [6, 6.07) is 2.50. The molecule has 0 spiro atoms. The Hall–Kier alpha value is -0.910. The van der Waals surface area contributed by atoms with Crippen LogP contribution in [0.2, 0.25) is 0 Å². The van der Waals surface area contributed by atoms with Crippen LogP contribution in [0.15, 0.2) is 6.07 Å². The Morgan fingerprint density at radius 1 is 1.33 bits per heavy atom. The lowest BCUT2D eigenvalue weighted by Gasteiger charge is -2.50. The highest BCUT2D eigenvalue weighted by molar-refractivity contribution is 5.16. The van der Waals surface area contributed by atoms with Crippen LogP contribution >= 0.6 is 0 Å². The van der Waals surface area contributed by atoms with E-state index in [9.17, 15) is 5.11 Å². The zero-order valence-electron chi connectivity index (χ0n) is 15.8. The van der Waals surface area contributed by atoms with Crippen molar-refractivity contribution in [2.24, 2.45) is 0 Å². The van der Waals surface area contributed by atoms with Gasteiger partial charge in [0.15, 0.2) is 0 Å². The molecular weight excluding hydrogens is 300 g/mol. The third-order valence-corrected chi connectivity index (χ3v) is 5.67. The monoisotopic (exact) mass is 334 g/mol. The molecule has 2 fully saturated rings. The first-order valence-corrected chi connectivity index (χ1v) is 9.48. The Morgan fingerprint density at radius 2 is 2.08 bits per heavy atom. The molecule has 2 N–H and O–H groups in total. The van der Waals surface area contributed by atoms with Crippen LogP contribution in [-0.4, -0.2) is 63.4 Å². The number of aromatic amines is 1. The number of hydrogen-bond acceptors (Lipinski definition) is 4. The van der Waals surface area contributed by atoms with Crippen molar-refractivity contribution in [2.45, 2.75) is 76.5 Å². The molecule has 5 nitrogen and oxygen atoms in total. The highest BCUT2D eigenvalue weighted by atomic mass is 16.3. The van der Waals surface area contributed by atoms with E-state index in [0.717, 1.165) is 56.8 Å². The third kappa shape index (κ3) is 3.84. The quantitative estimate of drug-likeness (QED) is 0.888. The Bertz CT molecular complexity index is 548. The summed E-state index contributed by atoms with van der Waals surface area (Å²) in [7, 11) is 2.11. The molecule has 0 saturated carbocycles. The molecule has 0 bridgehead atoms. The van der Waals surface area contributed by atoms with Gasteiger partial charge in [0.05, 0.1) is 11.3 Å². The van der Waals surface area contributed by atoms with E-state index in [2.05, 4.69) is 53.9 Å². The van der Waals surface area contributed by atoms with Crippen LogP contribution < -0.4 is 0 Å². The van der Waals surface area contributed by atoms with Crippen molar-refractivity contribution >= 4 is 0 Å². The second kappa shape index (κ2) is 6.77. The Kier molecular flexibility index (Phi) is 5.05. The van der Waals surface area contributed by atoms with Gasteiger partial charge >= 0.3 is 0 Å². The zero-order chi connectivity index (χ0) is 17.4. The van der Waals surface area contributed by atoms with E-state index >= 15 is 0 Å². The summed E-state index contributed by atoms with van der Waals surface area (Å²) in [5, 5.41) is 19.0. The van der Waals surface area contributed by atoms with Gasteiger partial charge in [0, 0.05) is 30.2 Å². The van der Waals surface area contributed by atoms with Crippen LogP contribution in [0.25, 0.3) is 0 Å². The first kappa shape index (κ1) is 17.9. The summed E-state index contributed by atoms with van der Waals surface area (Å²) in [5.74, 6) is 0. The van der Waals surface area contributed by atoms with Crippen molar-refractivity contribution in [1.82, 2.24) is 20.0 Å². The number of aromatic nitrogens is 2. The van der Waals surface area contributed by atoms with Crippen molar-refractivity contribution in [3.63, 3.8) is 0 Å². The van der Waals surface area contributed by atoms with Gasteiger partial charge in [-0.25, -0.2) is 0 Å². The van der Waals surface area contributed by atoms with Crippen LogP contribution in [0.4, 0.5) is 0 Å². The number of rotatable bonds is 4. The first-order chi connectivity index (χ1) is 11.3. The topological polar surface area (TPSA) is 55.4 Å². The van der Waals surface area contributed by atoms with Crippen LogP contribution in [0.1, 0.15) is 64.3 Å². The minimum atomic E-state index is -0.569.